The summed E-state index contributed by atoms with van der Waals surface area (Å²) in [5, 5.41) is 20.5. The monoisotopic (exact) mass is 496 g/mol. The average molecular weight is 497 g/mol. The smallest absolute Gasteiger partial charge is 0.422 e. The maximum Gasteiger partial charge on any atom is 0.422 e. The number of hydrogen-bond acceptors (Lipinski definition) is 8. The number of pyridine rings is 1. The zero-order chi connectivity index (χ0) is 26.0. The predicted molar refractivity (Wildman–Crippen MR) is 126 cm³/mol. The second kappa shape index (κ2) is 10.4. The van der Waals surface area contributed by atoms with E-state index in [1.54, 1.807) is 18.2 Å². The van der Waals surface area contributed by atoms with E-state index in [0.717, 1.165) is 11.1 Å². The topological polar surface area (TPSA) is 103 Å². The highest BCUT2D eigenvalue weighted by molar-refractivity contribution is 5.89. The molecule has 2 N–H and O–H groups in total. The lowest BCUT2D eigenvalue weighted by atomic mass is 9.84. The number of alkyl halides is 3. The normalized spacial score (nSPS) is 18.0. The maximum atomic E-state index is 12.7. The van der Waals surface area contributed by atoms with Gasteiger partial charge >= 0.3 is 12.2 Å². The van der Waals surface area contributed by atoms with Gasteiger partial charge in [-0.15, -0.1) is 5.10 Å². The Hall–Kier alpha value is -2.92. The van der Waals surface area contributed by atoms with Crippen molar-refractivity contribution in [3.05, 3.63) is 29.3 Å². The van der Waals surface area contributed by atoms with Gasteiger partial charge in [0.25, 0.3) is 5.89 Å². The molecule has 0 unspecified atom stereocenters. The molecule has 192 valence electrons. The van der Waals surface area contributed by atoms with E-state index in [-0.39, 0.29) is 29.8 Å². The molecule has 8 nitrogen and oxygen atoms in total. The number of hydrogen-bond donors (Lipinski definition) is 2. The summed E-state index contributed by atoms with van der Waals surface area (Å²) >= 11 is 0. The van der Waals surface area contributed by atoms with Crippen LogP contribution in [0.4, 0.5) is 19.2 Å². The summed E-state index contributed by atoms with van der Waals surface area (Å²) in [5.41, 5.74) is 2.20. The molecule has 3 aromatic rings. The number of rotatable bonds is 6. The molecule has 1 saturated carbocycles. The first-order chi connectivity index (χ1) is 16.4. The van der Waals surface area contributed by atoms with Crippen LogP contribution in [0.1, 0.15) is 58.6 Å². The van der Waals surface area contributed by atoms with Crippen molar-refractivity contribution in [1.29, 1.82) is 0 Å². The van der Waals surface area contributed by atoms with Gasteiger partial charge in [-0.2, -0.15) is 13.2 Å². The quantitative estimate of drug-likeness (QED) is 0.303. The van der Waals surface area contributed by atoms with E-state index in [4.69, 9.17) is 19.4 Å². The van der Waals surface area contributed by atoms with Crippen LogP contribution < -0.4 is 10.1 Å². The van der Waals surface area contributed by atoms with E-state index in [0.29, 0.717) is 29.4 Å². The third kappa shape index (κ3) is 6.40. The summed E-state index contributed by atoms with van der Waals surface area (Å²) < 4.78 is 48.8. The molecule has 4 rings (SSSR count). The molecule has 0 saturated heterocycles. The number of fused-ring (bicyclic) bond motifs is 1. The Bertz CT molecular complexity index is 1150. The van der Waals surface area contributed by atoms with Gasteiger partial charge < -0.3 is 14.5 Å². The molecule has 1 aliphatic rings. The molecule has 2 aromatic heterocycles. The summed E-state index contributed by atoms with van der Waals surface area (Å²) in [6.45, 7) is 10.3. The SMILES string of the molecule is CC.Cc1cc(-c2nnc(NC3CC(OO)C3)o2)nc2c(C(C)(C)C)cc(OCC(F)(F)F)cc12. The van der Waals surface area contributed by atoms with Gasteiger partial charge in [-0.05, 0) is 54.5 Å². The van der Waals surface area contributed by atoms with Crippen LogP contribution in [-0.4, -0.2) is 45.4 Å². The lowest BCUT2D eigenvalue weighted by Crippen LogP contribution is -2.40. The van der Waals surface area contributed by atoms with E-state index in [1.807, 2.05) is 41.5 Å². The lowest BCUT2D eigenvalue weighted by molar-refractivity contribution is -0.295. The summed E-state index contributed by atoms with van der Waals surface area (Å²) in [6, 6.07) is 5.21. The van der Waals surface area contributed by atoms with Crippen molar-refractivity contribution in [3.63, 3.8) is 0 Å². The first-order valence-electron chi connectivity index (χ1n) is 11.5. The number of nitrogens with one attached hydrogen (secondary N) is 1. The van der Waals surface area contributed by atoms with Crippen LogP contribution in [0.15, 0.2) is 22.6 Å². The van der Waals surface area contributed by atoms with Gasteiger partial charge in [0.05, 0.1) is 11.6 Å². The largest absolute Gasteiger partial charge is 0.484 e. The Morgan fingerprint density at radius 1 is 1.11 bits per heavy atom. The number of nitrogens with zero attached hydrogens (tertiary/aromatic N) is 3. The van der Waals surface area contributed by atoms with Crippen LogP contribution in [0.5, 0.6) is 5.75 Å². The predicted octanol–water partition coefficient (Wildman–Crippen LogP) is 6.29. The van der Waals surface area contributed by atoms with Crippen molar-refractivity contribution in [2.24, 2.45) is 0 Å². The first-order valence-corrected chi connectivity index (χ1v) is 11.5. The van der Waals surface area contributed by atoms with Crippen LogP contribution in [0.3, 0.4) is 0 Å². The second-order valence-corrected chi connectivity index (χ2v) is 9.30. The molecule has 35 heavy (non-hydrogen) atoms. The molecule has 0 atom stereocenters. The number of halogens is 3. The van der Waals surface area contributed by atoms with Gasteiger partial charge in [0.15, 0.2) is 6.61 Å². The van der Waals surface area contributed by atoms with Gasteiger partial charge in [0.1, 0.15) is 11.4 Å². The highest BCUT2D eigenvalue weighted by Gasteiger charge is 2.32. The Kier molecular flexibility index (Phi) is 7.90. The van der Waals surface area contributed by atoms with Crippen molar-refractivity contribution in [2.75, 3.05) is 11.9 Å². The zero-order valence-corrected chi connectivity index (χ0v) is 20.7. The third-order valence-corrected chi connectivity index (χ3v) is 5.52. The van der Waals surface area contributed by atoms with Crippen LogP contribution in [0, 0.1) is 6.92 Å². The van der Waals surface area contributed by atoms with E-state index in [9.17, 15) is 13.2 Å². The first kappa shape index (κ1) is 26.7. The maximum absolute atomic E-state index is 12.7. The Labute approximate surface area is 201 Å². The van der Waals surface area contributed by atoms with Crippen molar-refractivity contribution in [1.82, 2.24) is 15.2 Å². The van der Waals surface area contributed by atoms with Crippen molar-refractivity contribution in [2.45, 2.75) is 78.1 Å². The number of aromatic nitrogens is 3. The highest BCUT2D eigenvalue weighted by Crippen LogP contribution is 2.36. The van der Waals surface area contributed by atoms with Gasteiger partial charge in [-0.25, -0.2) is 9.87 Å². The summed E-state index contributed by atoms with van der Waals surface area (Å²) in [7, 11) is 0. The minimum atomic E-state index is -4.43. The molecule has 1 aliphatic carbocycles. The van der Waals surface area contributed by atoms with Crippen molar-refractivity contribution >= 4 is 16.9 Å². The zero-order valence-electron chi connectivity index (χ0n) is 20.7. The van der Waals surface area contributed by atoms with Crippen molar-refractivity contribution in [3.8, 4) is 17.3 Å². The number of benzene rings is 1. The number of ether oxygens (including phenoxy) is 1. The van der Waals surface area contributed by atoms with Crippen LogP contribution >= 0.6 is 0 Å². The molecule has 0 radical (unpaired) electrons. The lowest BCUT2D eigenvalue weighted by Gasteiger charge is -2.32. The van der Waals surface area contributed by atoms with Crippen LogP contribution in [0.25, 0.3) is 22.5 Å². The van der Waals surface area contributed by atoms with Crippen LogP contribution in [-0.2, 0) is 10.3 Å². The Morgan fingerprint density at radius 2 is 1.80 bits per heavy atom. The fourth-order valence-corrected chi connectivity index (χ4v) is 3.72. The molecule has 0 spiro atoms. The summed E-state index contributed by atoms with van der Waals surface area (Å²) in [6.07, 6.45) is -3.39. The molecule has 1 fully saturated rings. The third-order valence-electron chi connectivity index (χ3n) is 5.52. The van der Waals surface area contributed by atoms with Crippen LogP contribution in [0.2, 0.25) is 0 Å². The molecule has 1 aromatic carbocycles. The van der Waals surface area contributed by atoms with Gasteiger partial charge in [0.2, 0.25) is 0 Å². The Morgan fingerprint density at radius 3 is 2.40 bits per heavy atom. The molecule has 0 aliphatic heterocycles. The highest BCUT2D eigenvalue weighted by atomic mass is 19.4. The second-order valence-electron chi connectivity index (χ2n) is 9.30. The number of anilines is 1. The summed E-state index contributed by atoms with van der Waals surface area (Å²) in [5.74, 6) is 0.353. The van der Waals surface area contributed by atoms with Gasteiger partial charge in [-0.1, -0.05) is 39.7 Å². The molecule has 0 bridgehead atoms. The number of aryl methyl sites for hydroxylation is 1. The minimum Gasteiger partial charge on any atom is -0.484 e. The van der Waals surface area contributed by atoms with E-state index in [1.165, 1.54) is 0 Å². The van der Waals surface area contributed by atoms with Crippen molar-refractivity contribution < 1.29 is 32.5 Å². The molecule has 0 amide bonds. The summed E-state index contributed by atoms with van der Waals surface area (Å²) in [4.78, 5) is 9.00. The van der Waals surface area contributed by atoms with Gasteiger partial charge in [0, 0.05) is 11.4 Å². The van der Waals surface area contributed by atoms with E-state index >= 15 is 0 Å². The molecular formula is C24H31F3N4O4. The molecular weight excluding hydrogens is 465 g/mol. The Balaban J connectivity index is 0.00000167. The van der Waals surface area contributed by atoms with Gasteiger partial charge in [-0.3, -0.25) is 5.26 Å². The minimum absolute atomic E-state index is 0.0596. The van der Waals surface area contributed by atoms with E-state index in [2.05, 4.69) is 20.4 Å². The fraction of sp³-hybridized carbons (Fsp3) is 0.542. The fourth-order valence-electron chi connectivity index (χ4n) is 3.72. The average Bonchev–Trinajstić information content (AvgIpc) is 3.23. The molecule has 2 heterocycles. The molecule has 11 heteroatoms. The standard InChI is InChI=1S/C22H25F3N4O4.C2H6/c1-11-5-17(19-28-29-20(32-19)26-12-6-14(7-12)33-30)27-18-15(11)8-13(31-10-22(23,24)25)9-16(18)21(2,3)4;1-2/h5,8-9,12,14,30H,6-7,10H2,1-4H3,(H,26,29);1-2H3. The van der Waals surface area contributed by atoms with E-state index < -0.39 is 18.2 Å².